The second kappa shape index (κ2) is 4.37. The van der Waals surface area contributed by atoms with Crippen LogP contribution >= 0.6 is 0 Å². The highest BCUT2D eigenvalue weighted by Crippen LogP contribution is 2.21. The SMILES string of the molecule is Cc1[nH]nc(N)c1C(=O)N1CCC(C)C(O)C1. The van der Waals surface area contributed by atoms with Crippen LogP contribution in [0.3, 0.4) is 0 Å². The zero-order chi connectivity index (χ0) is 12.6. The van der Waals surface area contributed by atoms with Crippen LogP contribution in [0.1, 0.15) is 29.4 Å². The van der Waals surface area contributed by atoms with Gasteiger partial charge in [-0.3, -0.25) is 9.89 Å². The summed E-state index contributed by atoms with van der Waals surface area (Å²) in [7, 11) is 0. The number of nitrogens with two attached hydrogens (primary N) is 1. The molecular formula is C11H18N4O2. The fourth-order valence-electron chi connectivity index (χ4n) is 2.11. The van der Waals surface area contributed by atoms with Crippen molar-refractivity contribution in [1.82, 2.24) is 15.1 Å². The van der Waals surface area contributed by atoms with Crippen molar-refractivity contribution in [3.05, 3.63) is 11.3 Å². The predicted molar refractivity (Wildman–Crippen MR) is 63.4 cm³/mol. The monoisotopic (exact) mass is 238 g/mol. The van der Waals surface area contributed by atoms with E-state index in [-0.39, 0.29) is 17.6 Å². The number of hydrogen-bond donors (Lipinski definition) is 3. The number of aliphatic hydroxyl groups excluding tert-OH is 1. The van der Waals surface area contributed by atoms with Crippen LogP contribution in [0.15, 0.2) is 0 Å². The molecule has 1 aliphatic heterocycles. The van der Waals surface area contributed by atoms with Gasteiger partial charge in [0.1, 0.15) is 5.56 Å². The number of nitrogens with one attached hydrogen (secondary N) is 1. The van der Waals surface area contributed by atoms with E-state index in [1.165, 1.54) is 0 Å². The molecule has 1 aromatic rings. The standard InChI is InChI=1S/C11H18N4O2/c1-6-3-4-15(5-8(6)16)11(17)9-7(2)13-14-10(9)12/h6,8,16H,3-5H2,1-2H3,(H3,12,13,14). The number of anilines is 1. The number of nitrogen functional groups attached to an aromatic ring is 1. The summed E-state index contributed by atoms with van der Waals surface area (Å²) in [6, 6.07) is 0. The highest BCUT2D eigenvalue weighted by molar-refractivity contribution is 5.99. The Morgan fingerprint density at radius 3 is 2.88 bits per heavy atom. The third kappa shape index (κ3) is 2.12. The summed E-state index contributed by atoms with van der Waals surface area (Å²) >= 11 is 0. The quantitative estimate of drug-likeness (QED) is 0.648. The van der Waals surface area contributed by atoms with Crippen LogP contribution in [0, 0.1) is 12.8 Å². The molecule has 0 aliphatic carbocycles. The molecule has 2 unspecified atom stereocenters. The normalized spacial score (nSPS) is 25.0. The van der Waals surface area contributed by atoms with E-state index < -0.39 is 6.10 Å². The van der Waals surface area contributed by atoms with Gasteiger partial charge in [-0.1, -0.05) is 6.92 Å². The molecule has 0 spiro atoms. The molecule has 6 nitrogen and oxygen atoms in total. The Morgan fingerprint density at radius 2 is 2.35 bits per heavy atom. The van der Waals surface area contributed by atoms with Gasteiger partial charge in [-0.15, -0.1) is 0 Å². The first-order chi connectivity index (χ1) is 8.00. The number of carbonyl (C=O) groups is 1. The maximum atomic E-state index is 12.2. The Balaban J connectivity index is 2.16. The van der Waals surface area contributed by atoms with E-state index in [2.05, 4.69) is 10.2 Å². The molecule has 1 fully saturated rings. The molecule has 0 saturated carbocycles. The number of aromatic amines is 1. The molecule has 94 valence electrons. The van der Waals surface area contributed by atoms with Crippen LogP contribution in [-0.2, 0) is 0 Å². The molecule has 6 heteroatoms. The lowest BCUT2D eigenvalue weighted by Crippen LogP contribution is -2.46. The number of aromatic nitrogens is 2. The summed E-state index contributed by atoms with van der Waals surface area (Å²) in [5.74, 6) is 0.308. The van der Waals surface area contributed by atoms with E-state index in [9.17, 15) is 9.90 Å². The van der Waals surface area contributed by atoms with Crippen LogP contribution in [0.2, 0.25) is 0 Å². The fourth-order valence-corrected chi connectivity index (χ4v) is 2.11. The summed E-state index contributed by atoms with van der Waals surface area (Å²) in [5.41, 5.74) is 6.75. The van der Waals surface area contributed by atoms with Crippen LogP contribution < -0.4 is 5.73 Å². The molecule has 1 saturated heterocycles. The molecular weight excluding hydrogens is 220 g/mol. The van der Waals surface area contributed by atoms with Crippen molar-refractivity contribution in [2.45, 2.75) is 26.4 Å². The molecule has 2 atom stereocenters. The number of H-pyrrole nitrogens is 1. The second-order valence-electron chi connectivity index (χ2n) is 4.69. The van der Waals surface area contributed by atoms with Crippen LogP contribution in [0.4, 0.5) is 5.82 Å². The number of piperidine rings is 1. The Labute approximate surface area is 99.8 Å². The molecule has 2 heterocycles. The van der Waals surface area contributed by atoms with Crippen molar-refractivity contribution in [1.29, 1.82) is 0 Å². The van der Waals surface area contributed by atoms with E-state index in [0.717, 1.165) is 6.42 Å². The van der Waals surface area contributed by atoms with Crippen molar-refractivity contribution in [2.75, 3.05) is 18.8 Å². The summed E-state index contributed by atoms with van der Waals surface area (Å²) in [6.07, 6.45) is 0.352. The Bertz CT molecular complexity index is 410. The number of rotatable bonds is 1. The maximum Gasteiger partial charge on any atom is 0.259 e. The van der Waals surface area contributed by atoms with Gasteiger partial charge < -0.3 is 15.7 Å². The van der Waals surface area contributed by atoms with Gasteiger partial charge in [-0.2, -0.15) is 5.10 Å². The average molecular weight is 238 g/mol. The lowest BCUT2D eigenvalue weighted by Gasteiger charge is -2.34. The molecule has 1 aromatic heterocycles. The summed E-state index contributed by atoms with van der Waals surface area (Å²) < 4.78 is 0. The van der Waals surface area contributed by atoms with Gasteiger partial charge in [0, 0.05) is 18.8 Å². The fraction of sp³-hybridized carbons (Fsp3) is 0.636. The predicted octanol–water partition coefficient (Wildman–Crippen LogP) is 0.143. The van der Waals surface area contributed by atoms with Crippen molar-refractivity contribution < 1.29 is 9.90 Å². The Kier molecular flexibility index (Phi) is 3.06. The molecule has 4 N–H and O–H groups in total. The van der Waals surface area contributed by atoms with Gasteiger partial charge in [-0.05, 0) is 19.3 Å². The molecule has 1 aliphatic rings. The minimum atomic E-state index is -0.457. The Morgan fingerprint density at radius 1 is 1.65 bits per heavy atom. The molecule has 0 radical (unpaired) electrons. The third-order valence-corrected chi connectivity index (χ3v) is 3.39. The van der Waals surface area contributed by atoms with Gasteiger partial charge in [-0.25, -0.2) is 0 Å². The zero-order valence-electron chi connectivity index (χ0n) is 10.1. The molecule has 2 rings (SSSR count). The number of carbonyl (C=O) groups excluding carboxylic acids is 1. The lowest BCUT2D eigenvalue weighted by atomic mass is 9.95. The first-order valence-corrected chi connectivity index (χ1v) is 5.78. The van der Waals surface area contributed by atoms with Crippen LogP contribution in [-0.4, -0.2) is 45.3 Å². The number of likely N-dealkylation sites (tertiary alicyclic amines) is 1. The van der Waals surface area contributed by atoms with Crippen molar-refractivity contribution >= 4 is 11.7 Å². The first kappa shape index (κ1) is 11.9. The zero-order valence-corrected chi connectivity index (χ0v) is 10.1. The number of aliphatic hydroxyl groups is 1. The van der Waals surface area contributed by atoms with Gasteiger partial charge in [0.05, 0.1) is 6.10 Å². The van der Waals surface area contributed by atoms with Gasteiger partial charge in [0.25, 0.3) is 5.91 Å². The first-order valence-electron chi connectivity index (χ1n) is 5.78. The third-order valence-electron chi connectivity index (χ3n) is 3.39. The topological polar surface area (TPSA) is 95.2 Å². The summed E-state index contributed by atoms with van der Waals surface area (Å²) in [6.45, 7) is 4.77. The molecule has 0 bridgehead atoms. The van der Waals surface area contributed by atoms with Gasteiger partial charge >= 0.3 is 0 Å². The largest absolute Gasteiger partial charge is 0.391 e. The smallest absolute Gasteiger partial charge is 0.259 e. The number of aryl methyl sites for hydroxylation is 1. The highest BCUT2D eigenvalue weighted by atomic mass is 16.3. The molecule has 1 amide bonds. The van der Waals surface area contributed by atoms with E-state index in [1.807, 2.05) is 6.92 Å². The van der Waals surface area contributed by atoms with Crippen molar-refractivity contribution in [3.63, 3.8) is 0 Å². The van der Waals surface area contributed by atoms with Gasteiger partial charge in [0.2, 0.25) is 0 Å². The molecule has 17 heavy (non-hydrogen) atoms. The van der Waals surface area contributed by atoms with Crippen molar-refractivity contribution in [3.8, 4) is 0 Å². The summed E-state index contributed by atoms with van der Waals surface area (Å²) in [5, 5.41) is 16.3. The number of amides is 1. The van der Waals surface area contributed by atoms with E-state index in [0.29, 0.717) is 24.3 Å². The number of nitrogens with zero attached hydrogens (tertiary/aromatic N) is 2. The van der Waals surface area contributed by atoms with Gasteiger partial charge in [0.15, 0.2) is 5.82 Å². The summed E-state index contributed by atoms with van der Waals surface area (Å²) in [4.78, 5) is 13.9. The minimum absolute atomic E-state index is 0.153. The van der Waals surface area contributed by atoms with Crippen LogP contribution in [0.25, 0.3) is 0 Å². The highest BCUT2D eigenvalue weighted by Gasteiger charge is 2.30. The van der Waals surface area contributed by atoms with E-state index in [1.54, 1.807) is 11.8 Å². The van der Waals surface area contributed by atoms with E-state index >= 15 is 0 Å². The lowest BCUT2D eigenvalue weighted by molar-refractivity contribution is 0.0249. The van der Waals surface area contributed by atoms with Crippen molar-refractivity contribution in [2.24, 2.45) is 5.92 Å². The maximum absolute atomic E-state index is 12.2. The number of β-amino-alcohol motifs (C(OH)–C–C–N with tert-alkyl or cyclic N) is 1. The van der Waals surface area contributed by atoms with E-state index in [4.69, 9.17) is 5.73 Å². The Hall–Kier alpha value is -1.56. The second-order valence-corrected chi connectivity index (χ2v) is 4.69. The minimum Gasteiger partial charge on any atom is -0.391 e. The average Bonchev–Trinajstić information content (AvgIpc) is 2.62. The van der Waals surface area contributed by atoms with Crippen LogP contribution in [0.5, 0.6) is 0 Å². The molecule has 0 aromatic carbocycles. The number of hydrogen-bond acceptors (Lipinski definition) is 4.